The minimum Gasteiger partial charge on any atom is -0.467 e. The normalized spacial score (nSPS) is 18.5. The number of morpholine rings is 1. The van der Waals surface area contributed by atoms with E-state index >= 15 is 0 Å². The molecule has 1 amide bonds. The highest BCUT2D eigenvalue weighted by atomic mass is 32.2. The molecule has 0 saturated carbocycles. The number of hydrogen-bond acceptors (Lipinski definition) is 8. The smallest absolute Gasteiger partial charge is 0.267 e. The van der Waals surface area contributed by atoms with Crippen LogP contribution in [0.1, 0.15) is 11.3 Å². The number of carbonyl (C=O) groups is 1. The van der Waals surface area contributed by atoms with E-state index in [1.807, 2.05) is 11.0 Å². The number of thiocarbonyl (C=S) groups is 1. The van der Waals surface area contributed by atoms with Crippen LogP contribution in [-0.2, 0) is 16.1 Å². The van der Waals surface area contributed by atoms with Crippen molar-refractivity contribution in [3.63, 3.8) is 0 Å². The first-order valence-electron chi connectivity index (χ1n) is 9.73. The van der Waals surface area contributed by atoms with E-state index in [0.29, 0.717) is 58.3 Å². The van der Waals surface area contributed by atoms with E-state index in [1.54, 1.807) is 42.8 Å². The third-order valence-electron chi connectivity index (χ3n) is 5.10. The van der Waals surface area contributed by atoms with Crippen LogP contribution in [0.25, 0.3) is 11.7 Å². The van der Waals surface area contributed by atoms with Crippen molar-refractivity contribution in [1.82, 2.24) is 14.3 Å². The standard InChI is InChI=1S/C21H18N4O4S2/c26-19-15(12-16-20(27)25(21(30)31-16)13-14-4-3-9-29-14)18(23-7-10-28-11-8-23)22-17-5-1-2-6-24(17)19/h1-6,9,12H,7-8,10-11,13H2. The van der Waals surface area contributed by atoms with E-state index in [-0.39, 0.29) is 18.0 Å². The zero-order valence-electron chi connectivity index (χ0n) is 16.4. The van der Waals surface area contributed by atoms with Gasteiger partial charge in [-0.3, -0.25) is 18.9 Å². The molecule has 0 radical (unpaired) electrons. The summed E-state index contributed by atoms with van der Waals surface area (Å²) in [5.41, 5.74) is 0.684. The van der Waals surface area contributed by atoms with Gasteiger partial charge in [-0.1, -0.05) is 30.0 Å². The zero-order chi connectivity index (χ0) is 21.4. The molecular formula is C21H18N4O4S2. The van der Waals surface area contributed by atoms with Crippen LogP contribution in [0.3, 0.4) is 0 Å². The number of pyridine rings is 1. The summed E-state index contributed by atoms with van der Waals surface area (Å²) in [4.78, 5) is 35.0. The van der Waals surface area contributed by atoms with Crippen molar-refractivity contribution in [2.75, 3.05) is 31.2 Å². The molecule has 0 atom stereocenters. The SMILES string of the molecule is O=C1C(=Cc2c(N3CCOCC3)nc3ccccn3c2=O)SC(=S)N1Cc1ccco1. The van der Waals surface area contributed by atoms with Gasteiger partial charge in [0.05, 0.1) is 36.5 Å². The molecule has 8 nitrogen and oxygen atoms in total. The predicted molar refractivity (Wildman–Crippen MR) is 122 cm³/mol. The molecule has 5 heterocycles. The molecule has 10 heteroatoms. The lowest BCUT2D eigenvalue weighted by molar-refractivity contribution is -0.122. The van der Waals surface area contributed by atoms with Crippen molar-refractivity contribution in [2.24, 2.45) is 0 Å². The van der Waals surface area contributed by atoms with E-state index < -0.39 is 0 Å². The van der Waals surface area contributed by atoms with Crippen LogP contribution in [-0.4, -0.2) is 50.8 Å². The largest absolute Gasteiger partial charge is 0.467 e. The molecule has 0 aliphatic carbocycles. The van der Waals surface area contributed by atoms with E-state index in [0.717, 1.165) is 0 Å². The minimum absolute atomic E-state index is 0.233. The average Bonchev–Trinajstić information content (AvgIpc) is 3.40. The van der Waals surface area contributed by atoms with Crippen molar-refractivity contribution >= 4 is 51.7 Å². The van der Waals surface area contributed by atoms with Crippen LogP contribution in [0.15, 0.2) is 56.9 Å². The number of aromatic nitrogens is 2. The number of nitrogens with zero attached hydrogens (tertiary/aromatic N) is 4. The van der Waals surface area contributed by atoms with Crippen LogP contribution in [0.5, 0.6) is 0 Å². The molecule has 5 rings (SSSR count). The van der Waals surface area contributed by atoms with Gasteiger partial charge in [0.15, 0.2) is 0 Å². The molecule has 0 unspecified atom stereocenters. The van der Waals surface area contributed by atoms with Gasteiger partial charge in [-0.05, 0) is 30.3 Å². The van der Waals surface area contributed by atoms with E-state index in [2.05, 4.69) is 0 Å². The zero-order valence-corrected chi connectivity index (χ0v) is 18.0. The first-order valence-corrected chi connectivity index (χ1v) is 11.0. The predicted octanol–water partition coefficient (Wildman–Crippen LogP) is 2.53. The number of furan rings is 1. The number of carbonyl (C=O) groups excluding carboxylic acids is 1. The van der Waals surface area contributed by atoms with Crippen LogP contribution >= 0.6 is 24.0 Å². The van der Waals surface area contributed by atoms with Gasteiger partial charge in [0, 0.05) is 19.3 Å². The van der Waals surface area contributed by atoms with Gasteiger partial charge in [0.2, 0.25) is 0 Å². The fraction of sp³-hybridized carbons (Fsp3) is 0.238. The topological polar surface area (TPSA) is 80.3 Å². The third-order valence-corrected chi connectivity index (χ3v) is 6.48. The highest BCUT2D eigenvalue weighted by Crippen LogP contribution is 2.34. The molecule has 31 heavy (non-hydrogen) atoms. The maximum atomic E-state index is 13.3. The van der Waals surface area contributed by atoms with Crippen LogP contribution in [0.4, 0.5) is 5.82 Å². The summed E-state index contributed by atoms with van der Waals surface area (Å²) in [7, 11) is 0. The summed E-state index contributed by atoms with van der Waals surface area (Å²) in [6.07, 6.45) is 4.84. The molecule has 2 fully saturated rings. The Bertz CT molecular complexity index is 1250. The number of thioether (sulfide) groups is 1. The lowest BCUT2D eigenvalue weighted by Gasteiger charge is -2.29. The first kappa shape index (κ1) is 20.0. The van der Waals surface area contributed by atoms with E-state index in [9.17, 15) is 9.59 Å². The Morgan fingerprint density at radius 3 is 2.77 bits per heavy atom. The highest BCUT2D eigenvalue weighted by molar-refractivity contribution is 8.26. The lowest BCUT2D eigenvalue weighted by Crippen LogP contribution is -2.38. The van der Waals surface area contributed by atoms with Crippen molar-refractivity contribution in [3.8, 4) is 0 Å². The Morgan fingerprint density at radius 2 is 2.00 bits per heavy atom. The average molecular weight is 455 g/mol. The minimum atomic E-state index is -0.253. The molecule has 3 aromatic rings. The quantitative estimate of drug-likeness (QED) is 0.440. The number of amides is 1. The third kappa shape index (κ3) is 3.78. The van der Waals surface area contributed by atoms with Gasteiger partial charge >= 0.3 is 0 Å². The van der Waals surface area contributed by atoms with Gasteiger partial charge in [-0.25, -0.2) is 4.98 Å². The molecule has 0 spiro atoms. The van der Waals surface area contributed by atoms with Gasteiger partial charge in [0.25, 0.3) is 11.5 Å². The van der Waals surface area contributed by atoms with Gasteiger partial charge in [-0.15, -0.1) is 0 Å². The number of rotatable bonds is 4. The number of hydrogen-bond donors (Lipinski definition) is 0. The second kappa shape index (κ2) is 8.29. The van der Waals surface area contributed by atoms with Crippen LogP contribution in [0.2, 0.25) is 0 Å². The Labute approximate surface area is 187 Å². The Balaban J connectivity index is 1.58. The molecule has 158 valence electrons. The summed E-state index contributed by atoms with van der Waals surface area (Å²) in [5, 5.41) is 0. The van der Waals surface area contributed by atoms with Gasteiger partial charge < -0.3 is 14.1 Å². The van der Waals surface area contributed by atoms with E-state index in [4.69, 9.17) is 26.4 Å². The monoisotopic (exact) mass is 454 g/mol. The number of anilines is 1. The van der Waals surface area contributed by atoms with Crippen molar-refractivity contribution < 1.29 is 13.9 Å². The fourth-order valence-electron chi connectivity index (χ4n) is 3.56. The molecule has 3 aromatic heterocycles. The molecule has 0 aromatic carbocycles. The second-order valence-electron chi connectivity index (χ2n) is 7.03. The Hall–Kier alpha value is -2.95. The van der Waals surface area contributed by atoms with Crippen molar-refractivity contribution in [3.05, 3.63) is 69.4 Å². The van der Waals surface area contributed by atoms with Gasteiger partial charge in [0.1, 0.15) is 21.5 Å². The maximum Gasteiger partial charge on any atom is 0.267 e. The molecule has 0 bridgehead atoms. The molecule has 2 saturated heterocycles. The van der Waals surface area contributed by atoms with Gasteiger partial charge in [-0.2, -0.15) is 0 Å². The molecule has 2 aliphatic heterocycles. The summed E-state index contributed by atoms with van der Waals surface area (Å²) in [6.45, 7) is 2.60. The summed E-state index contributed by atoms with van der Waals surface area (Å²) < 4.78 is 12.7. The summed E-state index contributed by atoms with van der Waals surface area (Å²) in [6, 6.07) is 8.96. The van der Waals surface area contributed by atoms with Crippen molar-refractivity contribution in [1.29, 1.82) is 0 Å². The number of ether oxygens (including phenoxy) is 1. The fourth-order valence-corrected chi connectivity index (χ4v) is 4.80. The maximum absolute atomic E-state index is 13.3. The van der Waals surface area contributed by atoms with E-state index in [1.165, 1.54) is 21.1 Å². The molecule has 2 aliphatic rings. The highest BCUT2D eigenvalue weighted by Gasteiger charge is 2.33. The van der Waals surface area contributed by atoms with Crippen molar-refractivity contribution in [2.45, 2.75) is 6.54 Å². The summed E-state index contributed by atoms with van der Waals surface area (Å²) >= 11 is 6.59. The van der Waals surface area contributed by atoms with Crippen LogP contribution < -0.4 is 10.5 Å². The number of fused-ring (bicyclic) bond motifs is 1. The Kier molecular flexibility index (Phi) is 5.34. The first-order chi connectivity index (χ1) is 15.1. The lowest BCUT2D eigenvalue weighted by atomic mass is 10.2. The molecule has 0 N–H and O–H groups in total. The Morgan fingerprint density at radius 1 is 1.16 bits per heavy atom. The molecular weight excluding hydrogens is 436 g/mol. The van der Waals surface area contributed by atoms with Crippen LogP contribution in [0, 0.1) is 0 Å². The summed E-state index contributed by atoms with van der Waals surface area (Å²) in [5.74, 6) is 0.937. The second-order valence-corrected chi connectivity index (χ2v) is 8.71.